The van der Waals surface area contributed by atoms with E-state index in [4.69, 9.17) is 14.5 Å². The molecule has 0 radical (unpaired) electrons. The summed E-state index contributed by atoms with van der Waals surface area (Å²) in [6, 6.07) is 26.6. The SMILES string of the molecule is COc1ccc(CCN=C(c2ccccc2)c2ccccc2)cc1OC. The van der Waals surface area contributed by atoms with Gasteiger partial charge < -0.3 is 9.47 Å². The van der Waals surface area contributed by atoms with Gasteiger partial charge in [-0.3, -0.25) is 4.99 Å². The molecule has 0 amide bonds. The van der Waals surface area contributed by atoms with Crippen molar-refractivity contribution >= 4 is 5.71 Å². The normalized spacial score (nSPS) is 10.2. The molecule has 0 heterocycles. The van der Waals surface area contributed by atoms with Crippen LogP contribution in [0, 0.1) is 0 Å². The van der Waals surface area contributed by atoms with Crippen molar-refractivity contribution in [2.45, 2.75) is 6.42 Å². The van der Waals surface area contributed by atoms with Gasteiger partial charge in [-0.15, -0.1) is 0 Å². The van der Waals surface area contributed by atoms with Crippen LogP contribution in [-0.4, -0.2) is 26.5 Å². The molecule has 0 fully saturated rings. The number of ether oxygens (including phenoxy) is 2. The van der Waals surface area contributed by atoms with Gasteiger partial charge in [-0.1, -0.05) is 66.7 Å². The van der Waals surface area contributed by atoms with Crippen LogP contribution in [0.25, 0.3) is 0 Å². The highest BCUT2D eigenvalue weighted by Crippen LogP contribution is 2.27. The van der Waals surface area contributed by atoms with Crippen LogP contribution in [0.2, 0.25) is 0 Å². The highest BCUT2D eigenvalue weighted by atomic mass is 16.5. The first-order valence-corrected chi connectivity index (χ1v) is 8.68. The van der Waals surface area contributed by atoms with Crippen LogP contribution in [0.3, 0.4) is 0 Å². The summed E-state index contributed by atoms with van der Waals surface area (Å²) >= 11 is 0. The molecule has 0 N–H and O–H groups in total. The second kappa shape index (κ2) is 8.86. The summed E-state index contributed by atoms with van der Waals surface area (Å²) in [5.41, 5.74) is 4.45. The first-order valence-electron chi connectivity index (χ1n) is 8.68. The van der Waals surface area contributed by atoms with E-state index >= 15 is 0 Å². The van der Waals surface area contributed by atoms with Crippen molar-refractivity contribution in [1.82, 2.24) is 0 Å². The lowest BCUT2D eigenvalue weighted by Crippen LogP contribution is -2.05. The molecular formula is C23H23NO2. The molecule has 132 valence electrons. The molecule has 3 rings (SSSR count). The molecule has 0 saturated heterocycles. The van der Waals surface area contributed by atoms with Gasteiger partial charge in [0.15, 0.2) is 11.5 Å². The smallest absolute Gasteiger partial charge is 0.160 e. The standard InChI is InChI=1S/C23H23NO2/c1-25-21-14-13-18(17-22(21)26-2)15-16-24-23(19-9-5-3-6-10-19)20-11-7-4-8-12-20/h3-14,17H,15-16H2,1-2H3. The largest absolute Gasteiger partial charge is 0.493 e. The average molecular weight is 345 g/mol. The van der Waals surface area contributed by atoms with E-state index in [0.717, 1.165) is 34.8 Å². The van der Waals surface area contributed by atoms with Gasteiger partial charge in [0, 0.05) is 17.7 Å². The Morgan fingerprint density at radius 1 is 0.731 bits per heavy atom. The molecule has 0 aliphatic carbocycles. The summed E-state index contributed by atoms with van der Waals surface area (Å²) in [5.74, 6) is 1.49. The van der Waals surface area contributed by atoms with Gasteiger partial charge in [0.2, 0.25) is 0 Å². The van der Waals surface area contributed by atoms with Crippen molar-refractivity contribution in [3.8, 4) is 11.5 Å². The molecule has 0 aliphatic rings. The van der Waals surface area contributed by atoms with E-state index in [9.17, 15) is 0 Å². The maximum atomic E-state index is 5.38. The zero-order valence-electron chi connectivity index (χ0n) is 15.2. The van der Waals surface area contributed by atoms with E-state index in [1.54, 1.807) is 14.2 Å². The molecule has 0 aromatic heterocycles. The molecule has 3 heteroatoms. The Balaban J connectivity index is 1.81. The summed E-state index contributed by atoms with van der Waals surface area (Å²) in [6.45, 7) is 0.703. The van der Waals surface area contributed by atoms with Crippen molar-refractivity contribution < 1.29 is 9.47 Å². The second-order valence-corrected chi connectivity index (χ2v) is 5.90. The molecule has 0 spiro atoms. The van der Waals surface area contributed by atoms with Gasteiger partial charge in [-0.2, -0.15) is 0 Å². The molecule has 3 nitrogen and oxygen atoms in total. The third-order valence-electron chi connectivity index (χ3n) is 4.21. The van der Waals surface area contributed by atoms with Gasteiger partial charge in [0.1, 0.15) is 0 Å². The van der Waals surface area contributed by atoms with Crippen LogP contribution in [0.5, 0.6) is 11.5 Å². The predicted octanol–water partition coefficient (Wildman–Crippen LogP) is 4.78. The van der Waals surface area contributed by atoms with Crippen molar-refractivity contribution in [2.24, 2.45) is 4.99 Å². The number of methoxy groups -OCH3 is 2. The lowest BCUT2D eigenvalue weighted by atomic mass is 10.0. The highest BCUT2D eigenvalue weighted by molar-refractivity contribution is 6.12. The summed E-state index contributed by atoms with van der Waals surface area (Å²) in [6.07, 6.45) is 0.837. The lowest BCUT2D eigenvalue weighted by Gasteiger charge is -2.10. The van der Waals surface area contributed by atoms with Gasteiger partial charge in [-0.25, -0.2) is 0 Å². The molecule has 3 aromatic carbocycles. The second-order valence-electron chi connectivity index (χ2n) is 5.90. The molecule has 3 aromatic rings. The molecular weight excluding hydrogens is 322 g/mol. The minimum absolute atomic E-state index is 0.703. The van der Waals surface area contributed by atoms with Crippen molar-refractivity contribution in [3.63, 3.8) is 0 Å². The lowest BCUT2D eigenvalue weighted by molar-refractivity contribution is 0.354. The number of hydrogen-bond donors (Lipinski definition) is 0. The third-order valence-corrected chi connectivity index (χ3v) is 4.21. The van der Waals surface area contributed by atoms with Crippen LogP contribution in [0.1, 0.15) is 16.7 Å². The number of aliphatic imine (C=N–C) groups is 1. The fourth-order valence-corrected chi connectivity index (χ4v) is 2.87. The number of benzene rings is 3. The fraction of sp³-hybridized carbons (Fsp3) is 0.174. The quantitative estimate of drug-likeness (QED) is 0.577. The molecule has 0 bridgehead atoms. The summed E-state index contributed by atoms with van der Waals surface area (Å²) in [7, 11) is 3.30. The maximum absolute atomic E-state index is 5.38. The van der Waals surface area contributed by atoms with E-state index in [1.165, 1.54) is 5.56 Å². The summed E-state index contributed by atoms with van der Waals surface area (Å²) in [5, 5.41) is 0. The van der Waals surface area contributed by atoms with Gasteiger partial charge >= 0.3 is 0 Å². The number of hydrogen-bond acceptors (Lipinski definition) is 3. The van der Waals surface area contributed by atoms with E-state index in [0.29, 0.717) is 6.54 Å². The first-order chi connectivity index (χ1) is 12.8. The predicted molar refractivity (Wildman–Crippen MR) is 107 cm³/mol. The average Bonchev–Trinajstić information content (AvgIpc) is 2.72. The van der Waals surface area contributed by atoms with Crippen molar-refractivity contribution in [1.29, 1.82) is 0 Å². The monoisotopic (exact) mass is 345 g/mol. The van der Waals surface area contributed by atoms with Crippen LogP contribution >= 0.6 is 0 Å². The Kier molecular flexibility index (Phi) is 6.05. The summed E-state index contributed by atoms with van der Waals surface area (Å²) < 4.78 is 10.7. The van der Waals surface area contributed by atoms with Crippen molar-refractivity contribution in [2.75, 3.05) is 20.8 Å². The maximum Gasteiger partial charge on any atom is 0.160 e. The van der Waals surface area contributed by atoms with E-state index in [2.05, 4.69) is 30.3 Å². The van der Waals surface area contributed by atoms with Crippen LogP contribution < -0.4 is 9.47 Å². The molecule has 0 atom stereocenters. The first kappa shape index (κ1) is 17.7. The Hall–Kier alpha value is -3.07. The minimum Gasteiger partial charge on any atom is -0.493 e. The topological polar surface area (TPSA) is 30.8 Å². The van der Waals surface area contributed by atoms with E-state index in [-0.39, 0.29) is 0 Å². The van der Waals surface area contributed by atoms with Gasteiger partial charge in [-0.05, 0) is 24.1 Å². The molecule has 0 aliphatic heterocycles. The summed E-state index contributed by atoms with van der Waals surface area (Å²) in [4.78, 5) is 4.90. The molecule has 26 heavy (non-hydrogen) atoms. The third kappa shape index (κ3) is 4.31. The van der Waals surface area contributed by atoms with Gasteiger partial charge in [0.25, 0.3) is 0 Å². The Morgan fingerprint density at radius 3 is 1.85 bits per heavy atom. The van der Waals surface area contributed by atoms with E-state index in [1.807, 2.05) is 48.5 Å². The molecule has 0 unspecified atom stereocenters. The van der Waals surface area contributed by atoms with Crippen LogP contribution in [0.15, 0.2) is 83.9 Å². The zero-order valence-corrected chi connectivity index (χ0v) is 15.2. The number of rotatable bonds is 7. The van der Waals surface area contributed by atoms with Crippen LogP contribution in [0.4, 0.5) is 0 Å². The minimum atomic E-state index is 0.703. The van der Waals surface area contributed by atoms with Crippen molar-refractivity contribution in [3.05, 3.63) is 95.6 Å². The Bertz CT molecular complexity index is 816. The Morgan fingerprint density at radius 2 is 1.31 bits per heavy atom. The highest BCUT2D eigenvalue weighted by Gasteiger charge is 2.07. The Labute approximate surface area is 154 Å². The number of nitrogens with zero attached hydrogens (tertiary/aromatic N) is 1. The van der Waals surface area contributed by atoms with Gasteiger partial charge in [0.05, 0.1) is 19.9 Å². The van der Waals surface area contributed by atoms with Crippen LogP contribution in [-0.2, 0) is 6.42 Å². The fourth-order valence-electron chi connectivity index (χ4n) is 2.87. The van der Waals surface area contributed by atoms with E-state index < -0.39 is 0 Å². The molecule has 0 saturated carbocycles. The zero-order chi connectivity index (χ0) is 18.2.